The van der Waals surface area contributed by atoms with Gasteiger partial charge in [-0.1, -0.05) is 12.1 Å². The van der Waals surface area contributed by atoms with Gasteiger partial charge in [-0.3, -0.25) is 4.79 Å². The smallest absolute Gasteiger partial charge is 0.257 e. The van der Waals surface area contributed by atoms with E-state index in [1.165, 1.54) is 6.07 Å². The predicted molar refractivity (Wildman–Crippen MR) is 79.8 cm³/mol. The Morgan fingerprint density at radius 2 is 2.10 bits per heavy atom. The summed E-state index contributed by atoms with van der Waals surface area (Å²) in [6.07, 6.45) is 1.71. The Hall–Kier alpha value is -1.46. The summed E-state index contributed by atoms with van der Waals surface area (Å²) in [5, 5.41) is 9.24. The number of carbonyl (C=O) groups excluding carboxylic acids is 1. The third-order valence-corrected chi connectivity index (χ3v) is 4.15. The molecule has 0 aromatic heterocycles. The van der Waals surface area contributed by atoms with Crippen LogP contribution >= 0.6 is 0 Å². The number of hydrogen-bond acceptors (Lipinski definition) is 3. The molecular formula is C16H23FN2O2. The lowest BCUT2D eigenvalue weighted by Gasteiger charge is -2.37. The fourth-order valence-corrected chi connectivity index (χ4v) is 2.83. The van der Waals surface area contributed by atoms with E-state index in [1.807, 2.05) is 0 Å². The molecule has 1 fully saturated rings. The number of nitrogens with zero attached hydrogens (tertiary/aromatic N) is 2. The van der Waals surface area contributed by atoms with Crippen molar-refractivity contribution in [3.63, 3.8) is 0 Å². The van der Waals surface area contributed by atoms with Crippen molar-refractivity contribution in [1.82, 2.24) is 9.80 Å². The van der Waals surface area contributed by atoms with E-state index in [-0.39, 0.29) is 30.7 Å². The molecule has 1 amide bonds. The molecule has 1 saturated heterocycles. The SMILES string of the molecule is Cc1cccc(C(=O)N(CCO)C2CCN(C)CC2)c1F. The number of piperidine rings is 1. The van der Waals surface area contributed by atoms with Crippen LogP contribution in [0.1, 0.15) is 28.8 Å². The lowest BCUT2D eigenvalue weighted by molar-refractivity contribution is 0.0535. The lowest BCUT2D eigenvalue weighted by Crippen LogP contribution is -2.47. The van der Waals surface area contributed by atoms with Gasteiger partial charge in [0.1, 0.15) is 5.82 Å². The van der Waals surface area contributed by atoms with E-state index in [0.29, 0.717) is 5.56 Å². The molecule has 1 heterocycles. The second-order valence-electron chi connectivity index (χ2n) is 5.69. The molecule has 0 saturated carbocycles. The Morgan fingerprint density at radius 1 is 1.43 bits per heavy atom. The highest BCUT2D eigenvalue weighted by Gasteiger charge is 2.28. The fourth-order valence-electron chi connectivity index (χ4n) is 2.83. The Bertz CT molecular complexity index is 499. The van der Waals surface area contributed by atoms with E-state index in [0.717, 1.165) is 25.9 Å². The average Bonchev–Trinajstić information content (AvgIpc) is 2.48. The molecule has 1 aromatic carbocycles. The second-order valence-corrected chi connectivity index (χ2v) is 5.69. The van der Waals surface area contributed by atoms with Gasteiger partial charge in [-0.05, 0) is 51.5 Å². The van der Waals surface area contributed by atoms with Crippen LogP contribution < -0.4 is 0 Å². The summed E-state index contributed by atoms with van der Waals surface area (Å²) in [5.41, 5.74) is 0.565. The normalized spacial score (nSPS) is 17.0. The fraction of sp³-hybridized carbons (Fsp3) is 0.562. The molecule has 0 atom stereocenters. The third kappa shape index (κ3) is 3.60. The van der Waals surface area contributed by atoms with Crippen molar-refractivity contribution in [2.45, 2.75) is 25.8 Å². The first-order valence-corrected chi connectivity index (χ1v) is 7.40. The van der Waals surface area contributed by atoms with Crippen LogP contribution in [0.5, 0.6) is 0 Å². The number of amides is 1. The van der Waals surface area contributed by atoms with Crippen LogP contribution in [-0.2, 0) is 0 Å². The zero-order chi connectivity index (χ0) is 15.4. The quantitative estimate of drug-likeness (QED) is 0.918. The van der Waals surface area contributed by atoms with E-state index in [4.69, 9.17) is 0 Å². The van der Waals surface area contributed by atoms with Crippen LogP contribution in [0.3, 0.4) is 0 Å². The molecule has 4 nitrogen and oxygen atoms in total. The summed E-state index contributed by atoms with van der Waals surface area (Å²) in [5.74, 6) is -0.779. The monoisotopic (exact) mass is 294 g/mol. The highest BCUT2D eigenvalue weighted by atomic mass is 19.1. The third-order valence-electron chi connectivity index (χ3n) is 4.15. The number of rotatable bonds is 4. The molecule has 2 rings (SSSR count). The van der Waals surface area contributed by atoms with Gasteiger partial charge in [0, 0.05) is 12.6 Å². The summed E-state index contributed by atoms with van der Waals surface area (Å²) < 4.78 is 14.2. The van der Waals surface area contributed by atoms with Gasteiger partial charge < -0.3 is 14.9 Å². The van der Waals surface area contributed by atoms with Crippen LogP contribution in [0.4, 0.5) is 4.39 Å². The number of aliphatic hydroxyl groups excluding tert-OH is 1. The molecule has 0 unspecified atom stereocenters. The molecule has 0 aliphatic carbocycles. The molecule has 5 heteroatoms. The van der Waals surface area contributed by atoms with Crippen LogP contribution in [0.25, 0.3) is 0 Å². The molecule has 1 aromatic rings. The molecule has 0 bridgehead atoms. The molecule has 0 spiro atoms. The standard InChI is InChI=1S/C16H23FN2O2/c1-12-4-3-5-14(15(12)17)16(21)19(10-11-20)13-6-8-18(2)9-7-13/h3-5,13,20H,6-11H2,1-2H3. The van der Waals surface area contributed by atoms with E-state index < -0.39 is 5.82 Å². The number of carbonyl (C=O) groups is 1. The summed E-state index contributed by atoms with van der Waals surface area (Å²) in [7, 11) is 2.05. The van der Waals surface area contributed by atoms with Crippen LogP contribution in [0, 0.1) is 12.7 Å². The predicted octanol–water partition coefficient (Wildman–Crippen LogP) is 1.66. The zero-order valence-corrected chi connectivity index (χ0v) is 12.7. The highest BCUT2D eigenvalue weighted by Crippen LogP contribution is 2.20. The minimum atomic E-state index is -0.460. The van der Waals surface area contributed by atoms with Crippen molar-refractivity contribution < 1.29 is 14.3 Å². The molecule has 1 N–H and O–H groups in total. The van der Waals surface area contributed by atoms with E-state index in [9.17, 15) is 14.3 Å². The number of hydrogen-bond donors (Lipinski definition) is 1. The van der Waals surface area contributed by atoms with Gasteiger partial charge in [0.05, 0.1) is 12.2 Å². The molecule has 0 radical (unpaired) electrons. The lowest BCUT2D eigenvalue weighted by atomic mass is 10.0. The van der Waals surface area contributed by atoms with Crippen molar-refractivity contribution in [3.8, 4) is 0 Å². The van der Waals surface area contributed by atoms with Crippen LogP contribution in [0.2, 0.25) is 0 Å². The van der Waals surface area contributed by atoms with E-state index in [2.05, 4.69) is 11.9 Å². The van der Waals surface area contributed by atoms with Crippen molar-refractivity contribution in [3.05, 3.63) is 35.1 Å². The Labute approximate surface area is 125 Å². The number of likely N-dealkylation sites (tertiary alicyclic amines) is 1. The topological polar surface area (TPSA) is 43.8 Å². The van der Waals surface area contributed by atoms with Crippen molar-refractivity contribution in [1.29, 1.82) is 0 Å². The number of aliphatic hydroxyl groups is 1. The van der Waals surface area contributed by atoms with Crippen LogP contribution in [0.15, 0.2) is 18.2 Å². The minimum absolute atomic E-state index is 0.0702. The highest BCUT2D eigenvalue weighted by molar-refractivity contribution is 5.95. The van der Waals surface area contributed by atoms with E-state index >= 15 is 0 Å². The van der Waals surface area contributed by atoms with Gasteiger partial charge in [0.25, 0.3) is 5.91 Å². The van der Waals surface area contributed by atoms with Gasteiger partial charge in [-0.2, -0.15) is 0 Å². The van der Waals surface area contributed by atoms with Crippen molar-refractivity contribution in [2.75, 3.05) is 33.3 Å². The molecule has 116 valence electrons. The van der Waals surface area contributed by atoms with Crippen LogP contribution in [-0.4, -0.2) is 60.1 Å². The molecule has 1 aliphatic heterocycles. The van der Waals surface area contributed by atoms with Gasteiger partial charge in [0.2, 0.25) is 0 Å². The maximum Gasteiger partial charge on any atom is 0.257 e. The first-order valence-electron chi connectivity index (χ1n) is 7.40. The van der Waals surface area contributed by atoms with Gasteiger partial charge >= 0.3 is 0 Å². The summed E-state index contributed by atoms with van der Waals surface area (Å²) in [4.78, 5) is 16.5. The first-order chi connectivity index (χ1) is 10.0. The van der Waals surface area contributed by atoms with Gasteiger partial charge in [0.15, 0.2) is 0 Å². The Kier molecular flexibility index (Phi) is 5.31. The number of aryl methyl sites for hydroxylation is 1. The maximum atomic E-state index is 14.2. The summed E-state index contributed by atoms with van der Waals surface area (Å²) in [6.45, 7) is 3.62. The second kappa shape index (κ2) is 7.00. The Morgan fingerprint density at radius 3 is 2.71 bits per heavy atom. The summed E-state index contributed by atoms with van der Waals surface area (Å²) >= 11 is 0. The number of halogens is 1. The molecular weight excluding hydrogens is 271 g/mol. The minimum Gasteiger partial charge on any atom is -0.395 e. The zero-order valence-electron chi connectivity index (χ0n) is 12.7. The number of benzene rings is 1. The summed E-state index contributed by atoms with van der Waals surface area (Å²) in [6, 6.07) is 4.93. The maximum absolute atomic E-state index is 14.2. The van der Waals surface area contributed by atoms with Crippen molar-refractivity contribution >= 4 is 5.91 Å². The van der Waals surface area contributed by atoms with Gasteiger partial charge in [-0.15, -0.1) is 0 Å². The first kappa shape index (κ1) is 15.9. The average molecular weight is 294 g/mol. The Balaban J connectivity index is 2.21. The largest absolute Gasteiger partial charge is 0.395 e. The molecule has 21 heavy (non-hydrogen) atoms. The molecule has 1 aliphatic rings. The van der Waals surface area contributed by atoms with Crippen molar-refractivity contribution in [2.24, 2.45) is 0 Å². The van der Waals surface area contributed by atoms with E-state index in [1.54, 1.807) is 24.0 Å². The van der Waals surface area contributed by atoms with Gasteiger partial charge in [-0.25, -0.2) is 4.39 Å².